The highest BCUT2D eigenvalue weighted by atomic mass is 19.3. The van der Waals surface area contributed by atoms with E-state index in [0.717, 1.165) is 7.05 Å². The van der Waals surface area contributed by atoms with Gasteiger partial charge in [-0.05, 0) is 6.92 Å². The molecule has 0 aliphatic carbocycles. The molecule has 0 aromatic carbocycles. The fraction of sp³-hybridized carbons (Fsp3) is 0.750. The van der Waals surface area contributed by atoms with Crippen molar-refractivity contribution in [3.8, 4) is 0 Å². The predicted molar refractivity (Wildman–Crippen MR) is 48.5 cm³/mol. The molecule has 17 heavy (non-hydrogen) atoms. The lowest BCUT2D eigenvalue weighted by Gasteiger charge is -2.39. The summed E-state index contributed by atoms with van der Waals surface area (Å²) in [7, 11) is 1.08. The highest BCUT2D eigenvalue weighted by Gasteiger charge is 2.54. The summed E-state index contributed by atoms with van der Waals surface area (Å²) in [5.41, 5.74) is 0. The van der Waals surface area contributed by atoms with E-state index in [2.05, 4.69) is 9.47 Å². The maximum atomic E-state index is 13.4. The van der Waals surface area contributed by atoms with Gasteiger partial charge in [-0.25, -0.2) is 9.59 Å². The molecule has 0 aromatic heterocycles. The summed E-state index contributed by atoms with van der Waals surface area (Å²) >= 11 is 0. The number of carbonyl (C=O) groups is 2. The number of rotatable bonds is 2. The second kappa shape index (κ2) is 4.70. The minimum atomic E-state index is -3.59. The number of nitrogens with zero attached hydrogens (tertiary/aromatic N) is 2. The molecule has 0 radical (unpaired) electrons. The summed E-state index contributed by atoms with van der Waals surface area (Å²) in [5.74, 6) is -3.59. The summed E-state index contributed by atoms with van der Waals surface area (Å²) < 4.78 is 35.3. The first-order chi connectivity index (χ1) is 7.79. The van der Waals surface area contributed by atoms with Gasteiger partial charge in [0.15, 0.2) is 0 Å². The van der Waals surface area contributed by atoms with Crippen LogP contribution in [0, 0.1) is 0 Å². The first-order valence-corrected chi connectivity index (χ1v) is 4.74. The maximum Gasteiger partial charge on any atom is 0.510 e. The lowest BCUT2D eigenvalue weighted by molar-refractivity contribution is -0.271. The van der Waals surface area contributed by atoms with Crippen LogP contribution < -0.4 is 0 Å². The molecule has 98 valence electrons. The van der Waals surface area contributed by atoms with E-state index < -0.39 is 30.9 Å². The van der Waals surface area contributed by atoms with E-state index in [9.17, 15) is 23.6 Å². The van der Waals surface area contributed by atoms with Crippen molar-refractivity contribution >= 4 is 12.2 Å². The second-order valence-corrected chi connectivity index (χ2v) is 3.40. The lowest BCUT2D eigenvalue weighted by Crippen LogP contribution is -2.63. The normalized spacial score (nSPS) is 23.6. The number of carbonyl (C=O) groups excluding carboxylic acids is 2. The number of urea groups is 1. The molecular weight excluding hydrogens is 242 g/mol. The zero-order chi connectivity index (χ0) is 13.2. The largest absolute Gasteiger partial charge is 0.510 e. The Bertz CT molecular complexity index is 325. The van der Waals surface area contributed by atoms with Crippen molar-refractivity contribution in [2.24, 2.45) is 0 Å². The molecule has 1 saturated heterocycles. The average molecular weight is 254 g/mol. The van der Waals surface area contributed by atoms with E-state index in [-0.39, 0.29) is 11.7 Å². The standard InChI is InChI=1S/C8H12F2N2O5/c1-3-16-7(14)17-5-8(9,10)4-11(2)6(13)12(5)15/h5,15H,3-4H2,1-2H3. The zero-order valence-corrected chi connectivity index (χ0v) is 9.22. The van der Waals surface area contributed by atoms with Gasteiger partial charge in [-0.15, -0.1) is 0 Å². The molecule has 1 rings (SSSR count). The van der Waals surface area contributed by atoms with Gasteiger partial charge in [0.2, 0.25) is 0 Å². The Morgan fingerprint density at radius 3 is 2.76 bits per heavy atom. The van der Waals surface area contributed by atoms with Crippen LogP contribution in [-0.2, 0) is 9.47 Å². The molecule has 0 spiro atoms. The van der Waals surface area contributed by atoms with Crippen molar-refractivity contribution in [3.63, 3.8) is 0 Å². The molecule has 1 heterocycles. The van der Waals surface area contributed by atoms with Crippen molar-refractivity contribution in [1.82, 2.24) is 9.96 Å². The average Bonchev–Trinajstić information content (AvgIpc) is 2.21. The number of hydrogen-bond donors (Lipinski definition) is 1. The van der Waals surface area contributed by atoms with Crippen LogP contribution >= 0.6 is 0 Å². The van der Waals surface area contributed by atoms with Gasteiger partial charge in [0.05, 0.1) is 13.2 Å². The van der Waals surface area contributed by atoms with Crippen molar-refractivity contribution in [1.29, 1.82) is 0 Å². The second-order valence-electron chi connectivity index (χ2n) is 3.40. The fourth-order valence-electron chi connectivity index (χ4n) is 1.30. The van der Waals surface area contributed by atoms with Gasteiger partial charge in [0.25, 0.3) is 6.23 Å². The Kier molecular flexibility index (Phi) is 3.71. The van der Waals surface area contributed by atoms with Crippen LogP contribution in [0.3, 0.4) is 0 Å². The minimum Gasteiger partial charge on any atom is -0.435 e. The summed E-state index contributed by atoms with van der Waals surface area (Å²) in [6.07, 6.45) is -3.76. The van der Waals surface area contributed by atoms with Gasteiger partial charge in [0, 0.05) is 7.05 Å². The van der Waals surface area contributed by atoms with Gasteiger partial charge >= 0.3 is 18.1 Å². The summed E-state index contributed by atoms with van der Waals surface area (Å²) in [6.45, 7) is 0.416. The molecule has 1 aliphatic heterocycles. The van der Waals surface area contributed by atoms with Crippen LogP contribution in [0.5, 0.6) is 0 Å². The molecule has 1 unspecified atom stereocenters. The first kappa shape index (κ1) is 13.4. The van der Waals surface area contributed by atoms with E-state index in [1.54, 1.807) is 0 Å². The Morgan fingerprint density at radius 2 is 2.24 bits per heavy atom. The number of ether oxygens (including phenoxy) is 2. The molecule has 2 amide bonds. The number of hydrogen-bond acceptors (Lipinski definition) is 5. The van der Waals surface area contributed by atoms with E-state index in [1.165, 1.54) is 6.92 Å². The Labute approximate surface area is 95.4 Å². The molecule has 1 atom stereocenters. The SMILES string of the molecule is CCOC(=O)OC1N(O)C(=O)N(C)CC1(F)F. The molecule has 0 bridgehead atoms. The third kappa shape index (κ3) is 2.73. The zero-order valence-electron chi connectivity index (χ0n) is 9.22. The van der Waals surface area contributed by atoms with Crippen LogP contribution in [0.1, 0.15) is 6.92 Å². The molecule has 1 aliphatic rings. The summed E-state index contributed by atoms with van der Waals surface area (Å²) in [6, 6.07) is -1.09. The molecule has 9 heteroatoms. The van der Waals surface area contributed by atoms with Gasteiger partial charge < -0.3 is 14.4 Å². The third-order valence-electron chi connectivity index (χ3n) is 2.02. The Balaban J connectivity index is 2.80. The van der Waals surface area contributed by atoms with Gasteiger partial charge in [-0.2, -0.15) is 13.8 Å². The van der Waals surface area contributed by atoms with E-state index in [4.69, 9.17) is 0 Å². The molecule has 1 fully saturated rings. The van der Waals surface area contributed by atoms with E-state index >= 15 is 0 Å². The Morgan fingerprint density at radius 1 is 1.65 bits per heavy atom. The molecule has 0 aromatic rings. The van der Waals surface area contributed by atoms with Gasteiger partial charge in [-0.1, -0.05) is 0 Å². The Hall–Kier alpha value is -1.64. The predicted octanol–water partition coefficient (Wildman–Crippen LogP) is 0.878. The highest BCUT2D eigenvalue weighted by molar-refractivity contribution is 5.74. The van der Waals surface area contributed by atoms with Crippen molar-refractivity contribution in [3.05, 3.63) is 0 Å². The first-order valence-electron chi connectivity index (χ1n) is 4.74. The summed E-state index contributed by atoms with van der Waals surface area (Å²) in [4.78, 5) is 22.7. The van der Waals surface area contributed by atoms with Crippen LogP contribution in [0.2, 0.25) is 0 Å². The van der Waals surface area contributed by atoms with E-state index in [1.807, 2.05) is 0 Å². The van der Waals surface area contributed by atoms with Gasteiger partial charge in [-0.3, -0.25) is 5.21 Å². The van der Waals surface area contributed by atoms with Crippen molar-refractivity contribution < 1.29 is 33.1 Å². The number of halogens is 2. The minimum absolute atomic E-state index is 0.0730. The maximum absolute atomic E-state index is 13.4. The topological polar surface area (TPSA) is 79.3 Å². The smallest absolute Gasteiger partial charge is 0.435 e. The van der Waals surface area contributed by atoms with Crippen LogP contribution in [0.4, 0.5) is 18.4 Å². The number of alkyl halides is 2. The van der Waals surface area contributed by atoms with Crippen LogP contribution in [0.15, 0.2) is 0 Å². The highest BCUT2D eigenvalue weighted by Crippen LogP contribution is 2.29. The van der Waals surface area contributed by atoms with Crippen LogP contribution in [0.25, 0.3) is 0 Å². The molecule has 0 saturated carbocycles. The van der Waals surface area contributed by atoms with Crippen molar-refractivity contribution in [2.75, 3.05) is 20.2 Å². The lowest BCUT2D eigenvalue weighted by atomic mass is 10.2. The van der Waals surface area contributed by atoms with E-state index in [0.29, 0.717) is 4.90 Å². The summed E-state index contributed by atoms with van der Waals surface area (Å²) in [5, 5.41) is 8.86. The molecule has 7 nitrogen and oxygen atoms in total. The molecule has 1 N–H and O–H groups in total. The number of amides is 2. The monoisotopic (exact) mass is 254 g/mol. The van der Waals surface area contributed by atoms with Crippen molar-refractivity contribution in [2.45, 2.75) is 19.1 Å². The van der Waals surface area contributed by atoms with Gasteiger partial charge in [0.1, 0.15) is 0 Å². The number of hydroxylamine groups is 2. The molecular formula is C8H12F2N2O5. The third-order valence-corrected chi connectivity index (χ3v) is 2.02. The quantitative estimate of drug-likeness (QED) is 0.584. The van der Waals surface area contributed by atoms with Crippen LogP contribution in [-0.4, -0.2) is 59.7 Å². The fourth-order valence-corrected chi connectivity index (χ4v) is 1.30.